The fourth-order valence-electron chi connectivity index (χ4n) is 6.04. The van der Waals surface area contributed by atoms with Crippen molar-refractivity contribution in [1.82, 2.24) is 28.9 Å². The normalized spacial score (nSPS) is 26.5. The molecule has 0 radical (unpaired) electrons. The van der Waals surface area contributed by atoms with Crippen molar-refractivity contribution >= 4 is 18.0 Å². The standard InChI is InChI=1S/C23H28N6O3S/c30-17-2-1-3-18(6-17)33-28-13-22(14-28)11-27(12-22)20(31)26-9-21(10-26)7-16(8-21)29-15-24-19(25-29)23(32)4-5-23/h1-3,6,15-16,30,32H,4-5,7-14H2. The highest BCUT2D eigenvalue weighted by molar-refractivity contribution is 7.97. The van der Waals surface area contributed by atoms with Crippen LogP contribution < -0.4 is 0 Å². The molecule has 4 heterocycles. The summed E-state index contributed by atoms with van der Waals surface area (Å²) in [7, 11) is 0. The quantitative estimate of drug-likeness (QED) is 0.663. The fourth-order valence-corrected chi connectivity index (χ4v) is 7.33. The van der Waals surface area contributed by atoms with Gasteiger partial charge >= 0.3 is 6.03 Å². The van der Waals surface area contributed by atoms with E-state index >= 15 is 0 Å². The van der Waals surface area contributed by atoms with Crippen molar-refractivity contribution in [3.63, 3.8) is 0 Å². The van der Waals surface area contributed by atoms with Gasteiger partial charge in [-0.05, 0) is 55.8 Å². The summed E-state index contributed by atoms with van der Waals surface area (Å²) in [6, 6.07) is 7.87. The molecule has 33 heavy (non-hydrogen) atoms. The Bertz CT molecular complexity index is 1100. The number of carbonyl (C=O) groups excluding carboxylic acids is 1. The summed E-state index contributed by atoms with van der Waals surface area (Å²) in [6.07, 6.45) is 5.33. The Morgan fingerprint density at radius 1 is 1.03 bits per heavy atom. The van der Waals surface area contributed by atoms with Crippen LogP contribution >= 0.6 is 11.9 Å². The highest BCUT2D eigenvalue weighted by atomic mass is 32.2. The second-order valence-electron chi connectivity index (χ2n) is 11.0. The van der Waals surface area contributed by atoms with Gasteiger partial charge in [0, 0.05) is 55.0 Å². The van der Waals surface area contributed by atoms with E-state index in [0.29, 0.717) is 17.6 Å². The van der Waals surface area contributed by atoms with Crippen LogP contribution in [0.25, 0.3) is 0 Å². The van der Waals surface area contributed by atoms with E-state index in [0.717, 1.165) is 69.8 Å². The van der Waals surface area contributed by atoms with Crippen LogP contribution in [0.15, 0.2) is 35.5 Å². The van der Waals surface area contributed by atoms with Crippen molar-refractivity contribution in [2.45, 2.75) is 42.2 Å². The molecule has 9 nitrogen and oxygen atoms in total. The predicted molar refractivity (Wildman–Crippen MR) is 120 cm³/mol. The highest BCUT2D eigenvalue weighted by Crippen LogP contribution is 2.55. The van der Waals surface area contributed by atoms with E-state index < -0.39 is 5.60 Å². The molecule has 3 aliphatic heterocycles. The highest BCUT2D eigenvalue weighted by Gasteiger charge is 2.59. The summed E-state index contributed by atoms with van der Waals surface area (Å²) in [6.45, 7) is 5.35. The number of likely N-dealkylation sites (tertiary alicyclic amines) is 2. The van der Waals surface area contributed by atoms with Crippen LogP contribution in [0.3, 0.4) is 0 Å². The number of aliphatic hydroxyl groups is 1. The van der Waals surface area contributed by atoms with Crippen molar-refractivity contribution in [3.8, 4) is 5.75 Å². The third-order valence-electron chi connectivity index (χ3n) is 8.08. The molecule has 10 heteroatoms. The van der Waals surface area contributed by atoms with Crippen molar-refractivity contribution in [3.05, 3.63) is 36.4 Å². The SMILES string of the molecule is O=C(N1CC2(CC(n3cnc(C4(O)CC4)n3)C2)C1)N1CC2(CN(Sc3cccc(O)c3)C2)C1. The van der Waals surface area contributed by atoms with E-state index in [9.17, 15) is 15.0 Å². The van der Waals surface area contributed by atoms with Gasteiger partial charge in [-0.2, -0.15) is 5.10 Å². The van der Waals surface area contributed by atoms with Gasteiger partial charge in [0.25, 0.3) is 0 Å². The number of nitrogens with zero attached hydrogens (tertiary/aromatic N) is 6. The molecule has 2 aliphatic carbocycles. The Morgan fingerprint density at radius 3 is 2.39 bits per heavy atom. The summed E-state index contributed by atoms with van der Waals surface area (Å²) in [5.74, 6) is 0.860. The second kappa shape index (κ2) is 6.64. The van der Waals surface area contributed by atoms with Gasteiger partial charge in [0.2, 0.25) is 0 Å². The largest absolute Gasteiger partial charge is 0.508 e. The average Bonchev–Trinajstić information content (AvgIpc) is 3.21. The first-order chi connectivity index (χ1) is 15.8. The Labute approximate surface area is 196 Å². The summed E-state index contributed by atoms with van der Waals surface area (Å²) in [5, 5.41) is 24.3. The van der Waals surface area contributed by atoms with Crippen molar-refractivity contribution in [2.75, 3.05) is 39.3 Å². The van der Waals surface area contributed by atoms with Crippen LogP contribution in [-0.4, -0.2) is 84.4 Å². The zero-order chi connectivity index (χ0) is 22.4. The molecular formula is C23H28N6O3S. The van der Waals surface area contributed by atoms with Crippen molar-refractivity contribution < 1.29 is 15.0 Å². The molecule has 1 aromatic carbocycles. The number of aromatic nitrogens is 3. The maximum atomic E-state index is 12.9. The summed E-state index contributed by atoms with van der Waals surface area (Å²) in [5.41, 5.74) is -0.279. The van der Waals surface area contributed by atoms with Crippen LogP contribution in [0.5, 0.6) is 5.75 Å². The Balaban J connectivity index is 0.857. The Morgan fingerprint density at radius 2 is 1.73 bits per heavy atom. The summed E-state index contributed by atoms with van der Waals surface area (Å²) in [4.78, 5) is 22.2. The van der Waals surface area contributed by atoms with Gasteiger partial charge in [0.15, 0.2) is 5.82 Å². The van der Waals surface area contributed by atoms with Crippen LogP contribution in [0.2, 0.25) is 0 Å². The summed E-state index contributed by atoms with van der Waals surface area (Å²) < 4.78 is 4.22. The van der Waals surface area contributed by atoms with Gasteiger partial charge < -0.3 is 20.0 Å². The fraction of sp³-hybridized carbons (Fsp3) is 0.609. The number of phenolic OH excluding ortho intramolecular Hbond substituents is 1. The molecule has 2 saturated carbocycles. The minimum atomic E-state index is -0.776. The number of carbonyl (C=O) groups is 1. The molecule has 2 spiro atoms. The molecule has 3 saturated heterocycles. The van der Waals surface area contributed by atoms with Crippen molar-refractivity contribution in [2.24, 2.45) is 10.8 Å². The number of amides is 2. The first-order valence-corrected chi connectivity index (χ1v) is 12.5. The lowest BCUT2D eigenvalue weighted by Gasteiger charge is -2.63. The number of benzene rings is 1. The lowest BCUT2D eigenvalue weighted by Crippen LogP contribution is -2.74. The maximum absolute atomic E-state index is 12.9. The topological polar surface area (TPSA) is 98.0 Å². The molecule has 0 atom stereocenters. The maximum Gasteiger partial charge on any atom is 0.320 e. The van der Waals surface area contributed by atoms with Gasteiger partial charge in [0.1, 0.15) is 17.7 Å². The van der Waals surface area contributed by atoms with Crippen molar-refractivity contribution in [1.29, 1.82) is 0 Å². The number of aromatic hydroxyl groups is 1. The van der Waals surface area contributed by atoms with Gasteiger partial charge in [-0.1, -0.05) is 6.07 Å². The zero-order valence-electron chi connectivity index (χ0n) is 18.4. The van der Waals surface area contributed by atoms with Crippen LogP contribution in [-0.2, 0) is 5.60 Å². The van der Waals surface area contributed by atoms with Gasteiger partial charge in [0.05, 0.1) is 6.04 Å². The number of hydrogen-bond acceptors (Lipinski definition) is 7. The first-order valence-electron chi connectivity index (χ1n) is 11.7. The van der Waals surface area contributed by atoms with E-state index in [1.807, 2.05) is 26.6 Å². The third kappa shape index (κ3) is 3.25. The number of phenols is 1. The molecular weight excluding hydrogens is 440 g/mol. The second-order valence-corrected chi connectivity index (χ2v) is 12.2. The molecule has 2 aromatic rings. The van der Waals surface area contributed by atoms with E-state index in [-0.39, 0.29) is 16.9 Å². The molecule has 174 valence electrons. The molecule has 5 aliphatic rings. The Hall–Kier alpha value is -2.30. The number of hydrogen-bond donors (Lipinski definition) is 2. The lowest BCUT2D eigenvalue weighted by atomic mass is 9.60. The average molecular weight is 469 g/mol. The first kappa shape index (κ1) is 20.1. The third-order valence-corrected chi connectivity index (χ3v) is 9.06. The number of rotatable bonds is 4. The predicted octanol–water partition coefficient (Wildman–Crippen LogP) is 2.05. The zero-order valence-corrected chi connectivity index (χ0v) is 19.2. The van der Waals surface area contributed by atoms with E-state index in [2.05, 4.69) is 14.4 Å². The number of urea groups is 1. The molecule has 2 amide bonds. The minimum Gasteiger partial charge on any atom is -0.508 e. The molecule has 7 rings (SSSR count). The van der Waals surface area contributed by atoms with E-state index in [1.54, 1.807) is 30.4 Å². The lowest BCUT2D eigenvalue weighted by molar-refractivity contribution is -0.0995. The van der Waals surface area contributed by atoms with E-state index in [1.165, 1.54) is 0 Å². The monoisotopic (exact) mass is 468 g/mol. The van der Waals surface area contributed by atoms with Crippen LogP contribution in [0, 0.1) is 10.8 Å². The molecule has 2 N–H and O–H groups in total. The van der Waals surface area contributed by atoms with Gasteiger partial charge in [-0.25, -0.2) is 18.8 Å². The molecule has 0 bridgehead atoms. The smallest absolute Gasteiger partial charge is 0.320 e. The van der Waals surface area contributed by atoms with Crippen LogP contribution in [0.1, 0.15) is 37.5 Å². The molecule has 1 aromatic heterocycles. The Kier molecular flexibility index (Phi) is 4.05. The van der Waals surface area contributed by atoms with E-state index in [4.69, 9.17) is 0 Å². The molecule has 0 unspecified atom stereocenters. The molecule has 5 fully saturated rings. The summed E-state index contributed by atoms with van der Waals surface area (Å²) >= 11 is 1.68. The van der Waals surface area contributed by atoms with Gasteiger partial charge in [-0.3, -0.25) is 0 Å². The van der Waals surface area contributed by atoms with Gasteiger partial charge in [-0.15, -0.1) is 0 Å². The minimum absolute atomic E-state index is 0.188. The van der Waals surface area contributed by atoms with Crippen LogP contribution in [0.4, 0.5) is 4.79 Å².